The van der Waals surface area contributed by atoms with E-state index in [1.54, 1.807) is 7.05 Å². The van der Waals surface area contributed by atoms with Crippen molar-refractivity contribution in [1.82, 2.24) is 4.98 Å². The predicted molar refractivity (Wildman–Crippen MR) is 72.2 cm³/mol. The molecule has 0 radical (unpaired) electrons. The van der Waals surface area contributed by atoms with Gasteiger partial charge in [-0.05, 0) is 18.9 Å². The monoisotopic (exact) mass is 315 g/mol. The van der Waals surface area contributed by atoms with Crippen LogP contribution in [0.5, 0.6) is 0 Å². The highest BCUT2D eigenvalue weighted by atomic mass is 35.5. The van der Waals surface area contributed by atoms with Gasteiger partial charge in [-0.3, -0.25) is 0 Å². The average molecular weight is 316 g/mol. The largest absolute Gasteiger partial charge is 0.389 e. The molecule has 0 aliphatic heterocycles. The molecule has 0 amide bonds. The summed E-state index contributed by atoms with van der Waals surface area (Å²) in [5.41, 5.74) is 0. The molecule has 8 heteroatoms. The summed E-state index contributed by atoms with van der Waals surface area (Å²) in [6.45, 7) is 0.369. The molecule has 0 fully saturated rings. The molecule has 1 aromatic heterocycles. The van der Waals surface area contributed by atoms with Crippen LogP contribution in [0.15, 0.2) is 6.07 Å². The fraction of sp³-hybridized carbons (Fsp3) is 0.545. The second kappa shape index (κ2) is 7.05. The molecule has 0 unspecified atom stereocenters. The van der Waals surface area contributed by atoms with Crippen LogP contribution in [0.25, 0.3) is 0 Å². The van der Waals surface area contributed by atoms with E-state index < -0.39 is 12.6 Å². The van der Waals surface area contributed by atoms with Crippen molar-refractivity contribution < 1.29 is 13.2 Å². The molecule has 0 saturated heterocycles. The Morgan fingerprint density at radius 2 is 1.79 bits per heavy atom. The minimum Gasteiger partial charge on any atom is -0.372 e. The standard InChI is InChI=1S/C11H14Cl2F3N3/c1-17-9-7(12)6-8(13)10(19-9)18-5-3-2-4-11(14,15)16/h6H,2-5H2,1H3,(H2,17,18,19). The summed E-state index contributed by atoms with van der Waals surface area (Å²) in [6.07, 6.45) is -4.43. The number of pyridine rings is 1. The Morgan fingerprint density at radius 1 is 1.16 bits per heavy atom. The zero-order valence-corrected chi connectivity index (χ0v) is 11.8. The Bertz CT molecular complexity index is 424. The van der Waals surface area contributed by atoms with Crippen molar-refractivity contribution in [3.63, 3.8) is 0 Å². The average Bonchev–Trinajstić information content (AvgIpc) is 2.29. The van der Waals surface area contributed by atoms with Gasteiger partial charge < -0.3 is 10.6 Å². The van der Waals surface area contributed by atoms with Gasteiger partial charge in [-0.25, -0.2) is 4.98 Å². The maximum absolute atomic E-state index is 11.9. The lowest BCUT2D eigenvalue weighted by molar-refractivity contribution is -0.135. The Kier molecular flexibility index (Phi) is 6.00. The summed E-state index contributed by atoms with van der Waals surface area (Å²) in [5.74, 6) is 0.867. The second-order valence-corrected chi connectivity index (χ2v) is 4.71. The predicted octanol–water partition coefficient (Wildman–Crippen LogP) is 4.57. The molecule has 108 valence electrons. The van der Waals surface area contributed by atoms with Crippen molar-refractivity contribution in [2.75, 3.05) is 24.2 Å². The quantitative estimate of drug-likeness (QED) is 0.755. The number of nitrogens with zero attached hydrogens (tertiary/aromatic N) is 1. The van der Waals surface area contributed by atoms with E-state index in [-0.39, 0.29) is 6.42 Å². The van der Waals surface area contributed by atoms with Crippen LogP contribution in [0, 0.1) is 0 Å². The SMILES string of the molecule is CNc1nc(NCCCCC(F)(F)F)c(Cl)cc1Cl. The molecule has 2 N–H and O–H groups in total. The topological polar surface area (TPSA) is 37.0 Å². The van der Waals surface area contributed by atoms with E-state index in [2.05, 4.69) is 15.6 Å². The van der Waals surface area contributed by atoms with Gasteiger partial charge in [0.15, 0.2) is 0 Å². The van der Waals surface area contributed by atoms with E-state index >= 15 is 0 Å². The highest BCUT2D eigenvalue weighted by molar-refractivity contribution is 6.37. The van der Waals surface area contributed by atoms with Crippen LogP contribution in [-0.2, 0) is 0 Å². The van der Waals surface area contributed by atoms with Crippen LogP contribution in [0.2, 0.25) is 10.0 Å². The van der Waals surface area contributed by atoms with Crippen molar-refractivity contribution in [3.8, 4) is 0 Å². The molecule has 1 heterocycles. The minimum absolute atomic E-state index is 0.0700. The van der Waals surface area contributed by atoms with Crippen LogP contribution in [0.3, 0.4) is 0 Å². The van der Waals surface area contributed by atoms with Gasteiger partial charge in [0.25, 0.3) is 0 Å². The summed E-state index contributed by atoms with van der Waals surface area (Å²) < 4.78 is 35.8. The van der Waals surface area contributed by atoms with Crippen molar-refractivity contribution in [2.24, 2.45) is 0 Å². The summed E-state index contributed by atoms with van der Waals surface area (Å²) in [4.78, 5) is 4.13. The van der Waals surface area contributed by atoms with E-state index in [4.69, 9.17) is 23.2 Å². The molecular formula is C11H14Cl2F3N3. The molecule has 0 aliphatic carbocycles. The highest BCUT2D eigenvalue weighted by Gasteiger charge is 2.25. The summed E-state index contributed by atoms with van der Waals surface area (Å²) in [7, 11) is 1.66. The lowest BCUT2D eigenvalue weighted by Crippen LogP contribution is -2.09. The van der Waals surface area contributed by atoms with E-state index in [0.29, 0.717) is 34.6 Å². The number of alkyl halides is 3. The van der Waals surface area contributed by atoms with Crippen LogP contribution in [-0.4, -0.2) is 24.8 Å². The van der Waals surface area contributed by atoms with Crippen molar-refractivity contribution in [1.29, 1.82) is 0 Å². The van der Waals surface area contributed by atoms with Crippen molar-refractivity contribution >= 4 is 34.8 Å². The number of anilines is 2. The Morgan fingerprint density at radius 3 is 2.37 bits per heavy atom. The van der Waals surface area contributed by atoms with Gasteiger partial charge in [-0.15, -0.1) is 0 Å². The van der Waals surface area contributed by atoms with Gasteiger partial charge in [0.1, 0.15) is 11.6 Å². The van der Waals surface area contributed by atoms with E-state index in [1.165, 1.54) is 6.07 Å². The van der Waals surface area contributed by atoms with E-state index in [9.17, 15) is 13.2 Å². The number of halogens is 5. The van der Waals surface area contributed by atoms with Gasteiger partial charge in [0, 0.05) is 20.0 Å². The molecule has 0 aliphatic rings. The molecule has 0 aromatic carbocycles. The minimum atomic E-state index is -4.10. The first-order valence-corrected chi connectivity index (χ1v) is 6.43. The fourth-order valence-corrected chi connectivity index (χ4v) is 1.94. The lowest BCUT2D eigenvalue weighted by atomic mass is 10.2. The van der Waals surface area contributed by atoms with Gasteiger partial charge in [-0.1, -0.05) is 23.2 Å². The first kappa shape index (κ1) is 16.2. The van der Waals surface area contributed by atoms with Crippen LogP contribution in [0.4, 0.5) is 24.8 Å². The molecule has 1 aromatic rings. The second-order valence-electron chi connectivity index (χ2n) is 3.90. The first-order chi connectivity index (χ1) is 8.83. The van der Waals surface area contributed by atoms with Crippen molar-refractivity contribution in [2.45, 2.75) is 25.4 Å². The number of hydrogen-bond acceptors (Lipinski definition) is 3. The third-order valence-electron chi connectivity index (χ3n) is 2.35. The Balaban J connectivity index is 2.45. The third-order valence-corrected chi connectivity index (χ3v) is 2.92. The first-order valence-electron chi connectivity index (χ1n) is 5.68. The molecular weight excluding hydrogens is 302 g/mol. The molecule has 1 rings (SSSR count). The molecule has 0 spiro atoms. The van der Waals surface area contributed by atoms with E-state index in [1.807, 2.05) is 0 Å². The van der Waals surface area contributed by atoms with Crippen LogP contribution >= 0.6 is 23.2 Å². The summed E-state index contributed by atoms with van der Waals surface area (Å²) in [6, 6.07) is 1.53. The molecule has 0 saturated carbocycles. The molecule has 19 heavy (non-hydrogen) atoms. The smallest absolute Gasteiger partial charge is 0.372 e. The Labute approximate surface area is 119 Å². The lowest BCUT2D eigenvalue weighted by Gasteiger charge is -2.11. The number of hydrogen-bond donors (Lipinski definition) is 2. The summed E-state index contributed by atoms with van der Waals surface area (Å²) >= 11 is 11.8. The van der Waals surface area contributed by atoms with Crippen LogP contribution in [0.1, 0.15) is 19.3 Å². The highest BCUT2D eigenvalue weighted by Crippen LogP contribution is 2.29. The number of rotatable bonds is 6. The molecule has 0 atom stereocenters. The summed E-state index contributed by atoms with van der Waals surface area (Å²) in [5, 5.41) is 6.40. The maximum Gasteiger partial charge on any atom is 0.389 e. The number of aromatic nitrogens is 1. The van der Waals surface area contributed by atoms with E-state index in [0.717, 1.165) is 0 Å². The van der Waals surface area contributed by atoms with Gasteiger partial charge >= 0.3 is 6.18 Å². The fourth-order valence-electron chi connectivity index (χ4n) is 1.42. The number of nitrogens with one attached hydrogen (secondary N) is 2. The normalized spacial score (nSPS) is 11.5. The zero-order chi connectivity index (χ0) is 14.5. The molecule has 0 bridgehead atoms. The van der Waals surface area contributed by atoms with Crippen LogP contribution < -0.4 is 10.6 Å². The zero-order valence-electron chi connectivity index (χ0n) is 10.2. The van der Waals surface area contributed by atoms with Gasteiger partial charge in [0.2, 0.25) is 0 Å². The molecule has 3 nitrogen and oxygen atoms in total. The van der Waals surface area contributed by atoms with Gasteiger partial charge in [-0.2, -0.15) is 13.2 Å². The maximum atomic E-state index is 11.9. The van der Waals surface area contributed by atoms with Gasteiger partial charge in [0.05, 0.1) is 10.0 Å². The van der Waals surface area contributed by atoms with Crippen molar-refractivity contribution in [3.05, 3.63) is 16.1 Å². The Hall–Kier alpha value is -0.880. The third kappa shape index (κ3) is 5.74. The number of unbranched alkanes of at least 4 members (excludes halogenated alkanes) is 1.